The third-order valence-electron chi connectivity index (χ3n) is 0.946. The molecule has 19 heavy (non-hydrogen) atoms. The molecule has 0 unspecified atom stereocenters. The number of nitrogens with two attached hydrogens (primary N) is 2. The van der Waals surface area contributed by atoms with Gasteiger partial charge in [-0.25, -0.2) is 9.13 Å². The Bertz CT molecular complexity index is 278. The van der Waals surface area contributed by atoms with E-state index in [1.807, 2.05) is 0 Å². The van der Waals surface area contributed by atoms with Gasteiger partial charge in [-0.05, 0) is 19.4 Å². The number of phosphoric acid groups is 2. The molecule has 14 heteroatoms. The highest BCUT2D eigenvalue weighted by Gasteiger charge is 2.00. The molecular weight excluding hydrogens is 306 g/mol. The Balaban J connectivity index is -0.000000219. The van der Waals surface area contributed by atoms with Crippen LogP contribution in [0.1, 0.15) is 12.8 Å². The summed E-state index contributed by atoms with van der Waals surface area (Å²) < 4.78 is 17.8. The lowest BCUT2D eigenvalue weighted by Crippen LogP contribution is -2.31. The van der Waals surface area contributed by atoms with Crippen molar-refractivity contribution in [2.75, 3.05) is 13.1 Å². The van der Waals surface area contributed by atoms with Crippen LogP contribution in [0, 0.1) is 5.41 Å². The van der Waals surface area contributed by atoms with E-state index in [2.05, 4.69) is 5.32 Å². The van der Waals surface area contributed by atoms with E-state index in [1.165, 1.54) is 0 Å². The topological polar surface area (TPSA) is 243 Å². The fraction of sp³-hybridized carbons (Fsp3) is 0.800. The van der Waals surface area contributed by atoms with Gasteiger partial charge in [-0.1, -0.05) is 0 Å². The number of rotatable bonds is 4. The van der Waals surface area contributed by atoms with Crippen LogP contribution in [-0.4, -0.2) is 48.4 Å². The zero-order valence-corrected chi connectivity index (χ0v) is 11.7. The lowest BCUT2D eigenvalue weighted by Gasteiger charge is -2.00. The summed E-state index contributed by atoms with van der Waals surface area (Å²) in [6.45, 7) is 1.46. The highest BCUT2D eigenvalue weighted by molar-refractivity contribution is 7.45. The van der Waals surface area contributed by atoms with Crippen LogP contribution in [0.4, 0.5) is 0 Å². The molecule has 0 spiro atoms. The van der Waals surface area contributed by atoms with E-state index in [1.54, 1.807) is 0 Å². The average Bonchev–Trinajstić information content (AvgIpc) is 2.06. The van der Waals surface area contributed by atoms with Gasteiger partial charge in [-0.15, -0.1) is 0 Å². The number of hydrogen-bond acceptors (Lipinski definition) is 4. The van der Waals surface area contributed by atoms with Crippen LogP contribution >= 0.6 is 15.6 Å². The second-order valence-corrected chi connectivity index (χ2v) is 4.92. The minimum absolute atomic E-state index is 0.0343. The number of hydrogen-bond donors (Lipinski definition) is 10. The van der Waals surface area contributed by atoms with Gasteiger partial charge in [0, 0.05) is 6.54 Å². The van der Waals surface area contributed by atoms with Gasteiger partial charge in [0.2, 0.25) is 0 Å². The molecule has 0 saturated heterocycles. The van der Waals surface area contributed by atoms with Crippen molar-refractivity contribution in [3.8, 4) is 0 Å². The maximum atomic E-state index is 8.88. The third-order valence-corrected chi connectivity index (χ3v) is 0.946. The highest BCUT2D eigenvalue weighted by Crippen LogP contribution is 2.26. The molecule has 0 aromatic carbocycles. The molecule has 12 nitrogen and oxygen atoms in total. The monoisotopic (exact) mass is 326 g/mol. The average molecular weight is 326 g/mol. The molecule has 0 saturated carbocycles. The van der Waals surface area contributed by atoms with E-state index in [9.17, 15) is 0 Å². The minimum atomic E-state index is -4.64. The van der Waals surface area contributed by atoms with Gasteiger partial charge in [0.15, 0.2) is 5.96 Å². The lowest BCUT2D eigenvalue weighted by atomic mass is 10.3. The quantitative estimate of drug-likeness (QED) is 0.111. The van der Waals surface area contributed by atoms with Gasteiger partial charge in [-0.2, -0.15) is 0 Å². The van der Waals surface area contributed by atoms with E-state index in [4.69, 9.17) is 55.4 Å². The lowest BCUT2D eigenvalue weighted by molar-refractivity contribution is 0.272. The summed E-state index contributed by atoms with van der Waals surface area (Å²) in [5.41, 5.74) is 10.2. The molecule has 0 aliphatic carbocycles. The second kappa shape index (κ2) is 12.5. The minimum Gasteiger partial charge on any atom is -0.370 e. The van der Waals surface area contributed by atoms with Gasteiger partial charge in [-0.3, -0.25) is 5.41 Å². The van der Waals surface area contributed by atoms with Gasteiger partial charge >= 0.3 is 15.6 Å². The molecule has 0 bridgehead atoms. The largest absolute Gasteiger partial charge is 0.466 e. The van der Waals surface area contributed by atoms with E-state index in [-0.39, 0.29) is 5.96 Å². The van der Waals surface area contributed by atoms with Gasteiger partial charge in [0.25, 0.3) is 0 Å². The van der Waals surface area contributed by atoms with Crippen LogP contribution in [0.25, 0.3) is 0 Å². The Morgan fingerprint density at radius 2 is 1.32 bits per heavy atom. The first-order valence-corrected chi connectivity index (χ1v) is 7.75. The predicted molar refractivity (Wildman–Crippen MR) is 66.7 cm³/mol. The van der Waals surface area contributed by atoms with Gasteiger partial charge in [0.1, 0.15) is 0 Å². The first-order valence-electron chi connectivity index (χ1n) is 4.62. The molecular formula is C5H20N4O8P2. The number of guanidine groups is 1. The molecule has 0 atom stereocenters. The van der Waals surface area contributed by atoms with Crippen LogP contribution in [-0.2, 0) is 9.13 Å². The smallest absolute Gasteiger partial charge is 0.370 e. The van der Waals surface area contributed by atoms with Crippen molar-refractivity contribution in [1.82, 2.24) is 5.32 Å². The van der Waals surface area contributed by atoms with E-state index in [0.717, 1.165) is 19.4 Å². The van der Waals surface area contributed by atoms with Gasteiger partial charge in [0.05, 0.1) is 0 Å². The molecule has 0 aliphatic rings. The molecule has 0 fully saturated rings. The van der Waals surface area contributed by atoms with Gasteiger partial charge < -0.3 is 46.1 Å². The van der Waals surface area contributed by atoms with Crippen molar-refractivity contribution in [2.45, 2.75) is 12.8 Å². The summed E-state index contributed by atoms with van der Waals surface area (Å²) in [6.07, 6.45) is 1.97. The van der Waals surface area contributed by atoms with Crippen LogP contribution in [0.15, 0.2) is 0 Å². The Morgan fingerprint density at radius 3 is 1.53 bits per heavy atom. The van der Waals surface area contributed by atoms with E-state index in [0.29, 0.717) is 6.54 Å². The SMILES string of the molecule is N=C(N)NCCCCN.O=P(O)(O)O.O=P(O)(O)O. The number of unbranched alkanes of at least 4 members (excludes halogenated alkanes) is 1. The maximum absolute atomic E-state index is 8.88. The molecule has 0 aliphatic heterocycles. The predicted octanol–water partition coefficient (Wildman–Crippen LogP) is -2.65. The zero-order chi connectivity index (χ0) is 16.1. The second-order valence-electron chi connectivity index (χ2n) is 2.86. The Kier molecular flexibility index (Phi) is 15.5. The van der Waals surface area contributed by atoms with Crippen molar-refractivity contribution in [1.29, 1.82) is 5.41 Å². The van der Waals surface area contributed by atoms with Crippen LogP contribution in [0.5, 0.6) is 0 Å². The Labute approximate surface area is 109 Å². The van der Waals surface area contributed by atoms with Crippen molar-refractivity contribution < 1.29 is 38.5 Å². The fourth-order valence-electron chi connectivity index (χ4n) is 0.492. The van der Waals surface area contributed by atoms with Crippen LogP contribution < -0.4 is 16.8 Å². The van der Waals surface area contributed by atoms with E-state index >= 15 is 0 Å². The summed E-state index contributed by atoms with van der Waals surface area (Å²) in [7, 11) is -9.28. The van der Waals surface area contributed by atoms with Crippen molar-refractivity contribution in [2.24, 2.45) is 11.5 Å². The standard InChI is InChI=1S/C5H14N4.2H3O4P/c6-3-1-2-4-9-5(7)8;2*1-5(2,3)4/h1-4,6H2,(H4,7,8,9);2*(H3,1,2,3,4). The highest BCUT2D eigenvalue weighted by atomic mass is 31.2. The van der Waals surface area contributed by atoms with E-state index < -0.39 is 15.6 Å². The van der Waals surface area contributed by atoms with Crippen molar-refractivity contribution in [3.05, 3.63) is 0 Å². The molecule has 12 N–H and O–H groups in total. The Hall–Kier alpha value is -0.550. The first kappa shape index (κ1) is 23.5. The summed E-state index contributed by atoms with van der Waals surface area (Å²) in [6, 6.07) is 0. The molecule has 0 rings (SSSR count). The molecule has 0 aromatic rings. The molecule has 0 aromatic heterocycles. The summed E-state index contributed by atoms with van der Waals surface area (Å²) >= 11 is 0. The van der Waals surface area contributed by atoms with Crippen molar-refractivity contribution in [3.63, 3.8) is 0 Å². The maximum Gasteiger partial charge on any atom is 0.466 e. The fourth-order valence-corrected chi connectivity index (χ4v) is 0.492. The van der Waals surface area contributed by atoms with Crippen LogP contribution in [0.3, 0.4) is 0 Å². The molecule has 118 valence electrons. The first-order chi connectivity index (χ1) is 8.27. The summed E-state index contributed by atoms with van der Waals surface area (Å²) in [5.74, 6) is 0.0343. The number of nitrogens with one attached hydrogen (secondary N) is 2. The molecule has 0 amide bonds. The normalized spacial score (nSPS) is 10.5. The molecule has 0 radical (unpaired) electrons. The molecule has 0 heterocycles. The third kappa shape index (κ3) is 140. The Morgan fingerprint density at radius 1 is 1.00 bits per heavy atom. The summed E-state index contributed by atoms with van der Waals surface area (Å²) in [4.78, 5) is 43.1. The zero-order valence-electron chi connectivity index (χ0n) is 9.88. The summed E-state index contributed by atoms with van der Waals surface area (Å²) in [5, 5.41) is 9.45. The van der Waals surface area contributed by atoms with Crippen molar-refractivity contribution >= 4 is 21.6 Å². The van der Waals surface area contributed by atoms with Crippen LogP contribution in [0.2, 0.25) is 0 Å².